The van der Waals surface area contributed by atoms with Crippen LogP contribution in [0.3, 0.4) is 0 Å². The summed E-state index contributed by atoms with van der Waals surface area (Å²) >= 11 is 0. The van der Waals surface area contributed by atoms with Crippen molar-refractivity contribution in [2.24, 2.45) is 0 Å². The van der Waals surface area contributed by atoms with Gasteiger partial charge in [0.1, 0.15) is 13.2 Å². The normalized spacial score (nSPS) is 12.6. The second kappa shape index (κ2) is 67.1. The fraction of sp³-hybridized carbons (Fsp3) is 0.767. The molecule has 0 aromatic carbocycles. The maximum atomic E-state index is 12.9. The number of unbranched alkanes of at least 4 members (excludes halogenated alkanes) is 37. The van der Waals surface area contributed by atoms with E-state index in [0.717, 1.165) is 83.5 Å². The molecule has 0 aliphatic heterocycles. The molecule has 0 aromatic rings. The Bertz CT molecular complexity index is 1500. The van der Waals surface area contributed by atoms with Crippen LogP contribution < -0.4 is 0 Å². The van der Waals surface area contributed by atoms with Gasteiger partial charge in [0, 0.05) is 19.3 Å². The van der Waals surface area contributed by atoms with E-state index in [9.17, 15) is 14.4 Å². The highest BCUT2D eigenvalue weighted by Crippen LogP contribution is 2.17. The Hall–Kier alpha value is -3.41. The average Bonchev–Trinajstić information content (AvgIpc) is 3.45. The molecule has 0 saturated carbocycles. The summed E-state index contributed by atoms with van der Waals surface area (Å²) in [7, 11) is 0. The number of carbonyl (C=O) groups excluding carboxylic acids is 3. The lowest BCUT2D eigenvalue weighted by molar-refractivity contribution is -0.166. The zero-order valence-electron chi connectivity index (χ0n) is 52.4. The molecule has 0 spiro atoms. The quantitative estimate of drug-likeness (QED) is 0.0261. The average molecular weight is 1100 g/mol. The molecule has 456 valence electrons. The SMILES string of the molecule is CC/C=C\C/C=C\C/C=C\C/C=C\CCC(=O)OCC(COC(=O)CCCCCCCCCCCCCCCCCCCCCCC/C=C\C/C=C\CCCCCCC)OC(=O)CCCCCCC/C=C\CCCCCCCC. The van der Waals surface area contributed by atoms with Crippen molar-refractivity contribution < 1.29 is 28.6 Å². The van der Waals surface area contributed by atoms with Crippen LogP contribution in [0, 0.1) is 0 Å². The highest BCUT2D eigenvalue weighted by atomic mass is 16.6. The van der Waals surface area contributed by atoms with Gasteiger partial charge in [-0.2, -0.15) is 0 Å². The number of allylic oxidation sites excluding steroid dienone is 14. The van der Waals surface area contributed by atoms with E-state index in [0.29, 0.717) is 19.3 Å². The van der Waals surface area contributed by atoms with E-state index in [2.05, 4.69) is 99.8 Å². The van der Waals surface area contributed by atoms with E-state index in [1.54, 1.807) is 0 Å². The first kappa shape index (κ1) is 75.6. The summed E-state index contributed by atoms with van der Waals surface area (Å²) in [4.78, 5) is 38.2. The van der Waals surface area contributed by atoms with Crippen molar-refractivity contribution in [2.75, 3.05) is 13.2 Å². The third-order valence-electron chi connectivity index (χ3n) is 14.9. The van der Waals surface area contributed by atoms with Gasteiger partial charge in [-0.1, -0.05) is 305 Å². The summed E-state index contributed by atoms with van der Waals surface area (Å²) in [5.41, 5.74) is 0. The molecule has 0 heterocycles. The number of rotatable bonds is 62. The number of hydrogen-bond donors (Lipinski definition) is 0. The summed E-state index contributed by atoms with van der Waals surface area (Å²) in [6.45, 7) is 6.47. The van der Waals surface area contributed by atoms with Gasteiger partial charge in [-0.15, -0.1) is 0 Å². The lowest BCUT2D eigenvalue weighted by Gasteiger charge is -2.18. The van der Waals surface area contributed by atoms with Crippen molar-refractivity contribution >= 4 is 17.9 Å². The van der Waals surface area contributed by atoms with Gasteiger partial charge < -0.3 is 14.2 Å². The van der Waals surface area contributed by atoms with E-state index in [1.807, 2.05) is 6.08 Å². The molecule has 1 unspecified atom stereocenters. The Morgan fingerprint density at radius 3 is 0.861 bits per heavy atom. The summed E-state index contributed by atoms with van der Waals surface area (Å²) in [6, 6.07) is 0. The largest absolute Gasteiger partial charge is 0.462 e. The molecule has 6 heteroatoms. The van der Waals surface area contributed by atoms with E-state index < -0.39 is 6.10 Å². The predicted molar refractivity (Wildman–Crippen MR) is 344 cm³/mol. The number of hydrogen-bond acceptors (Lipinski definition) is 6. The first-order chi connectivity index (χ1) is 39.0. The van der Waals surface area contributed by atoms with Crippen LogP contribution in [-0.4, -0.2) is 37.2 Å². The van der Waals surface area contributed by atoms with Crippen molar-refractivity contribution in [2.45, 2.75) is 348 Å². The Morgan fingerprint density at radius 2 is 0.519 bits per heavy atom. The van der Waals surface area contributed by atoms with Crippen LogP contribution in [0.5, 0.6) is 0 Å². The third-order valence-corrected chi connectivity index (χ3v) is 14.9. The maximum Gasteiger partial charge on any atom is 0.306 e. The van der Waals surface area contributed by atoms with Crippen molar-refractivity contribution in [3.05, 3.63) is 85.1 Å². The van der Waals surface area contributed by atoms with Gasteiger partial charge in [-0.25, -0.2) is 0 Å². The van der Waals surface area contributed by atoms with Crippen LogP contribution in [0.25, 0.3) is 0 Å². The highest BCUT2D eigenvalue weighted by molar-refractivity contribution is 5.71. The van der Waals surface area contributed by atoms with Gasteiger partial charge in [0.2, 0.25) is 0 Å². The standard InChI is InChI=1S/C73H128O6/c1-4-7-10-13-16-19-22-25-27-28-29-30-31-32-33-34-35-36-37-38-39-40-41-42-43-44-46-48-51-54-57-60-63-66-72(75)78-69-70(68-77-71(74)65-62-59-56-53-50-47-24-21-18-15-12-9-6-3)79-73(76)67-64-61-58-55-52-49-45-26-23-20-17-14-11-8-5-2/h9,12,18,21-22,25-26,28-29,45,47,50,56,59,70H,4-8,10-11,13-17,19-20,23-24,27,30-44,46,48-49,51-55,57-58,60-69H2,1-3H3/b12-9-,21-18-,25-22-,29-28-,45-26-,50-47-,59-56-. The molecule has 0 fully saturated rings. The van der Waals surface area contributed by atoms with Gasteiger partial charge in [0.05, 0.1) is 0 Å². The minimum absolute atomic E-state index is 0.0989. The zero-order valence-corrected chi connectivity index (χ0v) is 52.4. The van der Waals surface area contributed by atoms with Crippen molar-refractivity contribution in [1.82, 2.24) is 0 Å². The van der Waals surface area contributed by atoms with Crippen molar-refractivity contribution in [3.63, 3.8) is 0 Å². The van der Waals surface area contributed by atoms with E-state index in [1.165, 1.54) is 212 Å². The van der Waals surface area contributed by atoms with Crippen LogP contribution in [0.2, 0.25) is 0 Å². The molecule has 0 aromatic heterocycles. The first-order valence-electron chi connectivity index (χ1n) is 34.1. The molecule has 0 rings (SSSR count). The number of carbonyl (C=O) groups is 3. The summed E-state index contributed by atoms with van der Waals surface area (Å²) in [6.07, 6.45) is 89.3. The molecule has 0 aliphatic carbocycles. The third kappa shape index (κ3) is 65.3. The topological polar surface area (TPSA) is 78.9 Å². The predicted octanol–water partition coefficient (Wildman–Crippen LogP) is 23.4. The second-order valence-electron chi connectivity index (χ2n) is 22.7. The smallest absolute Gasteiger partial charge is 0.306 e. The van der Waals surface area contributed by atoms with Crippen LogP contribution in [0.4, 0.5) is 0 Å². The molecule has 0 amide bonds. The Balaban J connectivity index is 4.15. The Labute approximate surface area is 490 Å². The van der Waals surface area contributed by atoms with Crippen LogP contribution in [-0.2, 0) is 28.6 Å². The number of esters is 3. The summed E-state index contributed by atoms with van der Waals surface area (Å²) in [5, 5.41) is 0. The van der Waals surface area contributed by atoms with E-state index in [-0.39, 0.29) is 37.5 Å². The fourth-order valence-electron chi connectivity index (χ4n) is 9.78. The van der Waals surface area contributed by atoms with Gasteiger partial charge in [0.25, 0.3) is 0 Å². The molecular formula is C73H128O6. The van der Waals surface area contributed by atoms with Crippen LogP contribution in [0.15, 0.2) is 85.1 Å². The fourth-order valence-corrected chi connectivity index (χ4v) is 9.78. The minimum atomic E-state index is -0.809. The summed E-state index contributed by atoms with van der Waals surface area (Å²) < 4.78 is 16.8. The van der Waals surface area contributed by atoms with Crippen LogP contribution in [0.1, 0.15) is 342 Å². The molecule has 6 nitrogen and oxygen atoms in total. The lowest BCUT2D eigenvalue weighted by atomic mass is 10.0. The molecule has 0 saturated heterocycles. The monoisotopic (exact) mass is 1100 g/mol. The first-order valence-corrected chi connectivity index (χ1v) is 34.1. The van der Waals surface area contributed by atoms with Gasteiger partial charge in [-0.3, -0.25) is 14.4 Å². The van der Waals surface area contributed by atoms with Gasteiger partial charge >= 0.3 is 17.9 Å². The molecule has 0 bridgehead atoms. The maximum absolute atomic E-state index is 12.9. The Kier molecular flexibility index (Phi) is 64.2. The zero-order chi connectivity index (χ0) is 57.1. The van der Waals surface area contributed by atoms with Crippen molar-refractivity contribution in [1.29, 1.82) is 0 Å². The minimum Gasteiger partial charge on any atom is -0.462 e. The number of ether oxygens (including phenoxy) is 3. The van der Waals surface area contributed by atoms with Crippen LogP contribution >= 0.6 is 0 Å². The van der Waals surface area contributed by atoms with E-state index >= 15 is 0 Å². The molecule has 0 N–H and O–H groups in total. The lowest BCUT2D eigenvalue weighted by Crippen LogP contribution is -2.30. The van der Waals surface area contributed by atoms with Gasteiger partial charge in [-0.05, 0) is 103 Å². The molecule has 0 aliphatic rings. The molecular weight excluding hydrogens is 973 g/mol. The Morgan fingerprint density at radius 1 is 0.266 bits per heavy atom. The molecule has 1 atom stereocenters. The summed E-state index contributed by atoms with van der Waals surface area (Å²) in [5.74, 6) is -0.979. The van der Waals surface area contributed by atoms with E-state index in [4.69, 9.17) is 14.2 Å². The second-order valence-corrected chi connectivity index (χ2v) is 22.7. The molecule has 0 radical (unpaired) electrons. The van der Waals surface area contributed by atoms with Crippen molar-refractivity contribution in [3.8, 4) is 0 Å². The molecule has 79 heavy (non-hydrogen) atoms. The van der Waals surface area contributed by atoms with Gasteiger partial charge in [0.15, 0.2) is 6.10 Å². The highest BCUT2D eigenvalue weighted by Gasteiger charge is 2.19.